The molecule has 3 nitrogen and oxygen atoms in total. The minimum Gasteiger partial charge on any atom is -0.353 e. The first-order chi connectivity index (χ1) is 7.13. The molecule has 1 unspecified atom stereocenters. The Bertz CT molecular complexity index is 377. The lowest BCUT2D eigenvalue weighted by molar-refractivity contribution is -0.128. The zero-order valence-corrected chi connectivity index (χ0v) is 10.1. The predicted octanol–water partition coefficient (Wildman–Crippen LogP) is 1.38. The van der Waals surface area contributed by atoms with E-state index in [0.29, 0.717) is 6.54 Å². The van der Waals surface area contributed by atoms with Gasteiger partial charge in [0.25, 0.3) is 0 Å². The first-order valence-corrected chi connectivity index (χ1v) is 5.71. The van der Waals surface area contributed by atoms with Crippen LogP contribution in [-0.4, -0.2) is 19.0 Å². The van der Waals surface area contributed by atoms with E-state index in [1.165, 1.54) is 0 Å². The van der Waals surface area contributed by atoms with Crippen LogP contribution in [0.3, 0.4) is 0 Å². The Morgan fingerprint density at radius 3 is 2.53 bits per heavy atom. The number of benzene rings is 1. The van der Waals surface area contributed by atoms with Crippen molar-refractivity contribution in [3.8, 4) is 0 Å². The van der Waals surface area contributed by atoms with Gasteiger partial charge in [0.2, 0.25) is 5.91 Å². The van der Waals surface area contributed by atoms with Crippen LogP contribution in [0.5, 0.6) is 0 Å². The van der Waals surface area contributed by atoms with E-state index in [1.54, 1.807) is 0 Å². The molecule has 0 saturated carbocycles. The highest BCUT2D eigenvalue weighted by atomic mass is 79.9. The average molecular weight is 269 g/mol. The van der Waals surface area contributed by atoms with Crippen molar-refractivity contribution in [2.24, 2.45) is 0 Å². The molecule has 2 rings (SSSR count). The summed E-state index contributed by atoms with van der Waals surface area (Å²) < 4.78 is 1.02. The number of nitrogens with one attached hydrogen (secondary N) is 2. The molecule has 1 heterocycles. The van der Waals surface area contributed by atoms with Crippen molar-refractivity contribution >= 4 is 21.8 Å². The molecule has 0 aliphatic carbocycles. The Morgan fingerprint density at radius 2 is 1.93 bits per heavy atom. The van der Waals surface area contributed by atoms with Gasteiger partial charge >= 0.3 is 0 Å². The Hall–Kier alpha value is -0.870. The minimum atomic E-state index is -0.598. The summed E-state index contributed by atoms with van der Waals surface area (Å²) in [6.07, 6.45) is 0. The van der Waals surface area contributed by atoms with E-state index in [9.17, 15) is 4.79 Å². The van der Waals surface area contributed by atoms with E-state index in [2.05, 4.69) is 26.6 Å². The number of piperazine rings is 1. The smallest absolute Gasteiger partial charge is 0.244 e. The standard InChI is InChI=1S/C11H13BrN2O/c1-11(10(15)13-6-7-14-11)8-2-4-9(12)5-3-8/h2-5,14H,6-7H2,1H3,(H,13,15). The van der Waals surface area contributed by atoms with Crippen LogP contribution in [0.15, 0.2) is 28.7 Å². The van der Waals surface area contributed by atoms with E-state index in [4.69, 9.17) is 0 Å². The molecule has 1 saturated heterocycles. The van der Waals surface area contributed by atoms with Crippen LogP contribution in [0, 0.1) is 0 Å². The van der Waals surface area contributed by atoms with Crippen LogP contribution in [0.25, 0.3) is 0 Å². The molecule has 80 valence electrons. The van der Waals surface area contributed by atoms with E-state index in [0.717, 1.165) is 16.6 Å². The van der Waals surface area contributed by atoms with Crippen LogP contribution < -0.4 is 10.6 Å². The fourth-order valence-electron chi connectivity index (χ4n) is 1.76. The number of carbonyl (C=O) groups is 1. The summed E-state index contributed by atoms with van der Waals surface area (Å²) in [6.45, 7) is 3.41. The third kappa shape index (κ3) is 1.92. The van der Waals surface area contributed by atoms with Crippen LogP contribution in [0.2, 0.25) is 0 Å². The fraction of sp³-hybridized carbons (Fsp3) is 0.364. The van der Waals surface area contributed by atoms with Crippen molar-refractivity contribution in [1.29, 1.82) is 0 Å². The van der Waals surface area contributed by atoms with Crippen LogP contribution in [-0.2, 0) is 10.3 Å². The molecule has 4 heteroatoms. The van der Waals surface area contributed by atoms with Crippen LogP contribution >= 0.6 is 15.9 Å². The molecule has 1 fully saturated rings. The zero-order chi connectivity index (χ0) is 10.9. The number of rotatable bonds is 1. The van der Waals surface area contributed by atoms with Crippen molar-refractivity contribution in [1.82, 2.24) is 10.6 Å². The van der Waals surface area contributed by atoms with E-state index < -0.39 is 5.54 Å². The molecule has 1 amide bonds. The quantitative estimate of drug-likeness (QED) is 0.808. The monoisotopic (exact) mass is 268 g/mol. The Balaban J connectivity index is 2.35. The lowest BCUT2D eigenvalue weighted by Crippen LogP contribution is -2.59. The molecule has 15 heavy (non-hydrogen) atoms. The van der Waals surface area contributed by atoms with E-state index in [1.807, 2.05) is 31.2 Å². The van der Waals surface area contributed by atoms with Crippen LogP contribution in [0.4, 0.5) is 0 Å². The van der Waals surface area contributed by atoms with Gasteiger partial charge in [-0.1, -0.05) is 28.1 Å². The summed E-state index contributed by atoms with van der Waals surface area (Å²) in [7, 11) is 0. The SMILES string of the molecule is CC1(c2ccc(Br)cc2)NCCNC1=O. The lowest BCUT2D eigenvalue weighted by Gasteiger charge is -2.34. The van der Waals surface area contributed by atoms with Crippen molar-refractivity contribution in [3.63, 3.8) is 0 Å². The summed E-state index contributed by atoms with van der Waals surface area (Å²) >= 11 is 3.38. The van der Waals surface area contributed by atoms with Gasteiger partial charge in [-0.2, -0.15) is 0 Å². The molecular weight excluding hydrogens is 256 g/mol. The van der Waals surface area contributed by atoms with Gasteiger partial charge in [0.1, 0.15) is 5.54 Å². The molecule has 1 aromatic carbocycles. The maximum absolute atomic E-state index is 11.8. The Kier molecular flexibility index (Phi) is 2.80. The third-order valence-corrected chi connectivity index (χ3v) is 3.29. The van der Waals surface area contributed by atoms with Crippen molar-refractivity contribution in [2.75, 3.05) is 13.1 Å². The molecule has 2 N–H and O–H groups in total. The number of hydrogen-bond donors (Lipinski definition) is 2. The second-order valence-corrected chi connectivity index (χ2v) is 4.73. The zero-order valence-electron chi connectivity index (χ0n) is 8.51. The predicted molar refractivity (Wildman–Crippen MR) is 62.5 cm³/mol. The normalized spacial score (nSPS) is 26.1. The van der Waals surface area contributed by atoms with Crippen molar-refractivity contribution in [3.05, 3.63) is 34.3 Å². The maximum Gasteiger partial charge on any atom is 0.244 e. The number of amides is 1. The summed E-state index contributed by atoms with van der Waals surface area (Å²) in [4.78, 5) is 11.8. The second kappa shape index (κ2) is 3.94. The Labute approximate surface area is 97.4 Å². The Morgan fingerprint density at radius 1 is 1.27 bits per heavy atom. The third-order valence-electron chi connectivity index (χ3n) is 2.76. The molecule has 0 spiro atoms. The lowest BCUT2D eigenvalue weighted by atomic mass is 9.89. The summed E-state index contributed by atoms with van der Waals surface area (Å²) in [6, 6.07) is 7.82. The molecule has 0 aromatic heterocycles. The first-order valence-electron chi connectivity index (χ1n) is 4.92. The van der Waals surface area contributed by atoms with Crippen LogP contribution in [0.1, 0.15) is 12.5 Å². The largest absolute Gasteiger partial charge is 0.353 e. The highest BCUT2D eigenvalue weighted by molar-refractivity contribution is 9.10. The molecule has 1 aliphatic rings. The van der Waals surface area contributed by atoms with Gasteiger partial charge < -0.3 is 5.32 Å². The van der Waals surface area contributed by atoms with Gasteiger partial charge in [0.05, 0.1) is 0 Å². The van der Waals surface area contributed by atoms with E-state index in [-0.39, 0.29) is 5.91 Å². The molecular formula is C11H13BrN2O. The average Bonchev–Trinajstić information content (AvgIpc) is 2.23. The molecule has 0 bridgehead atoms. The van der Waals surface area contributed by atoms with Gasteiger partial charge in [-0.15, -0.1) is 0 Å². The maximum atomic E-state index is 11.8. The summed E-state index contributed by atoms with van der Waals surface area (Å²) in [5.74, 6) is 0.0380. The topological polar surface area (TPSA) is 41.1 Å². The van der Waals surface area contributed by atoms with Crippen molar-refractivity contribution in [2.45, 2.75) is 12.5 Å². The highest BCUT2D eigenvalue weighted by Crippen LogP contribution is 2.24. The van der Waals surface area contributed by atoms with Gasteiger partial charge in [-0.25, -0.2) is 0 Å². The molecule has 1 atom stereocenters. The molecule has 0 radical (unpaired) electrons. The second-order valence-electron chi connectivity index (χ2n) is 3.81. The highest BCUT2D eigenvalue weighted by Gasteiger charge is 2.36. The minimum absolute atomic E-state index is 0.0380. The molecule has 1 aromatic rings. The fourth-order valence-corrected chi connectivity index (χ4v) is 2.03. The van der Waals surface area contributed by atoms with Gasteiger partial charge in [0, 0.05) is 17.6 Å². The molecule has 1 aliphatic heterocycles. The summed E-state index contributed by atoms with van der Waals surface area (Å²) in [5.41, 5.74) is 0.391. The van der Waals surface area contributed by atoms with E-state index >= 15 is 0 Å². The summed E-state index contributed by atoms with van der Waals surface area (Å²) in [5, 5.41) is 6.13. The number of carbonyl (C=O) groups excluding carboxylic acids is 1. The number of hydrogen-bond acceptors (Lipinski definition) is 2. The first kappa shape index (κ1) is 10.6. The van der Waals surface area contributed by atoms with Crippen molar-refractivity contribution < 1.29 is 4.79 Å². The number of halogens is 1. The van der Waals surface area contributed by atoms with Gasteiger partial charge in [-0.05, 0) is 24.6 Å². The van der Waals surface area contributed by atoms with Gasteiger partial charge in [-0.3, -0.25) is 10.1 Å². The van der Waals surface area contributed by atoms with Gasteiger partial charge in [0.15, 0.2) is 0 Å².